The van der Waals surface area contributed by atoms with Crippen LogP contribution < -0.4 is 5.73 Å². The Bertz CT molecular complexity index is 42.3. The standard InChI is InChI=1S/C4H11NO2.H2O/c5-4(3-7)1-2-6;/h4,6-7H,1-3,5H2;1H2/t4-;/m0./s1. The van der Waals surface area contributed by atoms with E-state index in [4.69, 9.17) is 15.9 Å². The molecule has 0 heterocycles. The maximum atomic E-state index is 8.23. The van der Waals surface area contributed by atoms with Crippen LogP contribution in [0.4, 0.5) is 0 Å². The first kappa shape index (κ1) is 10.8. The van der Waals surface area contributed by atoms with Crippen molar-refractivity contribution in [1.29, 1.82) is 0 Å². The lowest BCUT2D eigenvalue weighted by atomic mass is 10.2. The summed E-state index contributed by atoms with van der Waals surface area (Å²) in [5, 5.41) is 16.4. The van der Waals surface area contributed by atoms with Crippen LogP contribution in [0.2, 0.25) is 0 Å². The number of nitrogens with two attached hydrogens (primary N) is 1. The molecule has 0 aromatic rings. The Morgan fingerprint density at radius 3 is 2.00 bits per heavy atom. The fourth-order valence-electron chi connectivity index (χ4n) is 0.257. The molecule has 0 spiro atoms. The van der Waals surface area contributed by atoms with Gasteiger partial charge in [0.2, 0.25) is 0 Å². The molecule has 0 aliphatic heterocycles. The van der Waals surface area contributed by atoms with Crippen LogP contribution in [-0.4, -0.2) is 34.9 Å². The highest BCUT2D eigenvalue weighted by Crippen LogP contribution is 1.80. The Kier molecular flexibility index (Phi) is 9.20. The van der Waals surface area contributed by atoms with Crippen molar-refractivity contribution in [3.05, 3.63) is 0 Å². The number of rotatable bonds is 3. The van der Waals surface area contributed by atoms with E-state index >= 15 is 0 Å². The van der Waals surface area contributed by atoms with Crippen LogP contribution in [0, 0.1) is 0 Å². The third-order valence-corrected chi connectivity index (χ3v) is 0.734. The molecule has 4 heteroatoms. The lowest BCUT2D eigenvalue weighted by Gasteiger charge is -2.01. The summed E-state index contributed by atoms with van der Waals surface area (Å²) < 4.78 is 0. The van der Waals surface area contributed by atoms with Crippen LogP contribution in [0.3, 0.4) is 0 Å². The van der Waals surface area contributed by atoms with E-state index in [9.17, 15) is 0 Å². The zero-order chi connectivity index (χ0) is 5.70. The third-order valence-electron chi connectivity index (χ3n) is 0.734. The topological polar surface area (TPSA) is 98.0 Å². The Morgan fingerprint density at radius 1 is 1.38 bits per heavy atom. The van der Waals surface area contributed by atoms with Gasteiger partial charge >= 0.3 is 0 Å². The molecular weight excluding hydrogens is 110 g/mol. The molecule has 0 aliphatic carbocycles. The predicted molar refractivity (Wildman–Crippen MR) is 30.4 cm³/mol. The Hall–Kier alpha value is -0.160. The van der Waals surface area contributed by atoms with E-state index in [1.54, 1.807) is 0 Å². The molecule has 0 amide bonds. The SMILES string of the molecule is N[C@H](CO)CCO.O. The highest BCUT2D eigenvalue weighted by Gasteiger charge is 1.95. The summed E-state index contributed by atoms with van der Waals surface area (Å²) in [5.74, 6) is 0. The highest BCUT2D eigenvalue weighted by molar-refractivity contribution is 4.55. The molecule has 0 bridgehead atoms. The highest BCUT2D eigenvalue weighted by atomic mass is 16.3. The summed E-state index contributed by atoms with van der Waals surface area (Å²) in [6.07, 6.45) is 0.483. The molecular formula is C4H13NO3. The van der Waals surface area contributed by atoms with Crippen LogP contribution in [-0.2, 0) is 0 Å². The molecule has 52 valence electrons. The first-order valence-corrected chi connectivity index (χ1v) is 2.28. The zero-order valence-electron chi connectivity index (χ0n) is 4.67. The molecule has 0 saturated carbocycles. The molecule has 0 aromatic carbocycles. The molecule has 4 nitrogen and oxygen atoms in total. The van der Waals surface area contributed by atoms with Crippen molar-refractivity contribution >= 4 is 0 Å². The Balaban J connectivity index is 0. The molecule has 0 unspecified atom stereocenters. The van der Waals surface area contributed by atoms with E-state index in [-0.39, 0.29) is 24.7 Å². The average Bonchev–Trinajstić information content (AvgIpc) is 1.68. The summed E-state index contributed by atoms with van der Waals surface area (Å²) >= 11 is 0. The van der Waals surface area contributed by atoms with Crippen molar-refractivity contribution in [3.8, 4) is 0 Å². The van der Waals surface area contributed by atoms with Gasteiger partial charge in [0, 0.05) is 12.6 Å². The van der Waals surface area contributed by atoms with Gasteiger partial charge in [0.25, 0.3) is 0 Å². The first-order chi connectivity index (χ1) is 3.31. The van der Waals surface area contributed by atoms with Crippen LogP contribution >= 0.6 is 0 Å². The van der Waals surface area contributed by atoms with E-state index in [2.05, 4.69) is 0 Å². The quantitative estimate of drug-likeness (QED) is 0.399. The molecule has 1 atom stereocenters. The average molecular weight is 123 g/mol. The van der Waals surface area contributed by atoms with Gasteiger partial charge in [-0.25, -0.2) is 0 Å². The summed E-state index contributed by atoms with van der Waals surface area (Å²) in [6, 6.07) is -0.245. The summed E-state index contributed by atoms with van der Waals surface area (Å²) in [5.41, 5.74) is 5.17. The monoisotopic (exact) mass is 123 g/mol. The van der Waals surface area contributed by atoms with Gasteiger partial charge in [-0.15, -0.1) is 0 Å². The van der Waals surface area contributed by atoms with Crippen LogP contribution in [0.1, 0.15) is 6.42 Å². The molecule has 0 aliphatic rings. The van der Waals surface area contributed by atoms with Crippen LogP contribution in [0.25, 0.3) is 0 Å². The Labute approximate surface area is 48.2 Å². The number of aliphatic hydroxyl groups is 2. The van der Waals surface area contributed by atoms with E-state index in [0.29, 0.717) is 6.42 Å². The number of hydrogen-bond donors (Lipinski definition) is 3. The number of hydrogen-bond acceptors (Lipinski definition) is 3. The molecule has 0 rings (SSSR count). The smallest absolute Gasteiger partial charge is 0.0583 e. The zero-order valence-corrected chi connectivity index (χ0v) is 4.67. The van der Waals surface area contributed by atoms with E-state index in [0.717, 1.165) is 0 Å². The van der Waals surface area contributed by atoms with Gasteiger partial charge in [-0.1, -0.05) is 0 Å². The minimum absolute atomic E-state index is 0. The second-order valence-corrected chi connectivity index (χ2v) is 1.45. The van der Waals surface area contributed by atoms with Gasteiger partial charge < -0.3 is 21.4 Å². The molecule has 0 saturated heterocycles. The minimum Gasteiger partial charge on any atom is -0.412 e. The van der Waals surface area contributed by atoms with Gasteiger partial charge in [0.1, 0.15) is 0 Å². The molecule has 6 N–H and O–H groups in total. The molecule has 0 fully saturated rings. The van der Waals surface area contributed by atoms with Crippen molar-refractivity contribution in [2.45, 2.75) is 12.5 Å². The fourth-order valence-corrected chi connectivity index (χ4v) is 0.257. The van der Waals surface area contributed by atoms with Crippen molar-refractivity contribution in [3.63, 3.8) is 0 Å². The van der Waals surface area contributed by atoms with E-state index < -0.39 is 0 Å². The Morgan fingerprint density at radius 2 is 1.88 bits per heavy atom. The van der Waals surface area contributed by atoms with Crippen molar-refractivity contribution in [2.75, 3.05) is 13.2 Å². The van der Waals surface area contributed by atoms with Crippen LogP contribution in [0.5, 0.6) is 0 Å². The second-order valence-electron chi connectivity index (χ2n) is 1.45. The molecule has 8 heavy (non-hydrogen) atoms. The van der Waals surface area contributed by atoms with Crippen molar-refractivity contribution < 1.29 is 15.7 Å². The lowest BCUT2D eigenvalue weighted by Crippen LogP contribution is -2.25. The molecule has 0 radical (unpaired) electrons. The maximum absolute atomic E-state index is 8.23. The fraction of sp³-hybridized carbons (Fsp3) is 1.00. The maximum Gasteiger partial charge on any atom is 0.0583 e. The normalized spacial score (nSPS) is 12.4. The number of aliphatic hydroxyl groups excluding tert-OH is 2. The van der Waals surface area contributed by atoms with Gasteiger partial charge in [-0.2, -0.15) is 0 Å². The van der Waals surface area contributed by atoms with Gasteiger partial charge in [-0.05, 0) is 6.42 Å². The van der Waals surface area contributed by atoms with E-state index in [1.165, 1.54) is 0 Å². The van der Waals surface area contributed by atoms with Crippen molar-refractivity contribution in [1.82, 2.24) is 0 Å². The van der Waals surface area contributed by atoms with Crippen molar-refractivity contribution in [2.24, 2.45) is 5.73 Å². The van der Waals surface area contributed by atoms with Gasteiger partial charge in [0.15, 0.2) is 0 Å². The second kappa shape index (κ2) is 6.84. The largest absolute Gasteiger partial charge is 0.412 e. The predicted octanol–water partition coefficient (Wildman–Crippen LogP) is -2.14. The van der Waals surface area contributed by atoms with Crippen LogP contribution in [0.15, 0.2) is 0 Å². The van der Waals surface area contributed by atoms with E-state index in [1.807, 2.05) is 0 Å². The minimum atomic E-state index is -0.245. The summed E-state index contributed by atoms with van der Waals surface area (Å²) in [4.78, 5) is 0. The molecule has 0 aromatic heterocycles. The summed E-state index contributed by atoms with van der Waals surface area (Å²) in [7, 11) is 0. The summed E-state index contributed by atoms with van der Waals surface area (Å²) in [6.45, 7) is 0.0162. The third kappa shape index (κ3) is 5.84. The van der Waals surface area contributed by atoms with Gasteiger partial charge in [0.05, 0.1) is 6.61 Å². The lowest BCUT2D eigenvalue weighted by molar-refractivity contribution is 0.221. The first-order valence-electron chi connectivity index (χ1n) is 2.28. The van der Waals surface area contributed by atoms with Gasteiger partial charge in [-0.3, -0.25) is 0 Å².